The number of rotatable bonds is 7. The average Bonchev–Trinajstić information content (AvgIpc) is 3.20. The summed E-state index contributed by atoms with van der Waals surface area (Å²) in [5, 5.41) is 7.11. The van der Waals surface area contributed by atoms with Crippen molar-refractivity contribution in [1.82, 2.24) is 20.4 Å². The molecule has 6 nitrogen and oxygen atoms in total. The summed E-state index contributed by atoms with van der Waals surface area (Å²) in [6.45, 7) is 8.03. The molecule has 26 heavy (non-hydrogen) atoms. The molecule has 0 saturated heterocycles. The monoisotopic (exact) mass is 354 g/mol. The first kappa shape index (κ1) is 18.2. The van der Waals surface area contributed by atoms with E-state index in [-0.39, 0.29) is 17.9 Å². The van der Waals surface area contributed by atoms with Crippen molar-refractivity contribution in [3.05, 3.63) is 47.1 Å². The molecular weight excluding hydrogens is 328 g/mol. The minimum atomic E-state index is -0.135. The van der Waals surface area contributed by atoms with Gasteiger partial charge in [0.15, 0.2) is 0 Å². The van der Waals surface area contributed by atoms with Gasteiger partial charge in [0.25, 0.3) is 0 Å². The molecule has 0 aliphatic carbocycles. The van der Waals surface area contributed by atoms with Crippen LogP contribution in [-0.4, -0.2) is 21.0 Å². The van der Waals surface area contributed by atoms with Crippen molar-refractivity contribution in [3.8, 4) is 0 Å². The van der Waals surface area contributed by atoms with E-state index in [0.29, 0.717) is 12.8 Å². The van der Waals surface area contributed by atoms with Gasteiger partial charge in [0.05, 0.1) is 22.8 Å². The van der Waals surface area contributed by atoms with E-state index in [1.165, 1.54) is 0 Å². The van der Waals surface area contributed by atoms with E-state index in [1.54, 1.807) is 0 Å². The third-order valence-electron chi connectivity index (χ3n) is 5.02. The lowest BCUT2D eigenvalue weighted by Gasteiger charge is -2.22. The number of fused-ring (bicyclic) bond motifs is 1. The van der Waals surface area contributed by atoms with Gasteiger partial charge >= 0.3 is 0 Å². The van der Waals surface area contributed by atoms with E-state index < -0.39 is 0 Å². The number of nitrogens with one attached hydrogen (secondary N) is 2. The Kier molecular flexibility index (Phi) is 5.40. The molecule has 3 aromatic rings. The highest BCUT2D eigenvalue weighted by Gasteiger charge is 2.23. The van der Waals surface area contributed by atoms with Crippen molar-refractivity contribution in [3.63, 3.8) is 0 Å². The van der Waals surface area contributed by atoms with Crippen LogP contribution in [0.5, 0.6) is 0 Å². The molecule has 6 heteroatoms. The fourth-order valence-corrected chi connectivity index (χ4v) is 3.18. The second-order valence-electron chi connectivity index (χ2n) is 6.87. The van der Waals surface area contributed by atoms with Gasteiger partial charge in [-0.25, -0.2) is 4.98 Å². The lowest BCUT2D eigenvalue weighted by molar-refractivity contribution is -0.122. The van der Waals surface area contributed by atoms with Crippen molar-refractivity contribution in [2.75, 3.05) is 0 Å². The van der Waals surface area contributed by atoms with Gasteiger partial charge in [-0.15, -0.1) is 0 Å². The van der Waals surface area contributed by atoms with E-state index in [2.05, 4.69) is 34.3 Å². The topological polar surface area (TPSA) is 83.8 Å². The van der Waals surface area contributed by atoms with Crippen LogP contribution in [0.25, 0.3) is 11.0 Å². The van der Waals surface area contributed by atoms with Gasteiger partial charge in [0.1, 0.15) is 11.6 Å². The number of nitrogens with zero attached hydrogens (tertiary/aromatic N) is 2. The van der Waals surface area contributed by atoms with E-state index in [1.807, 2.05) is 38.1 Å². The molecule has 0 fully saturated rings. The second kappa shape index (κ2) is 7.72. The minimum Gasteiger partial charge on any atom is -0.361 e. The van der Waals surface area contributed by atoms with Gasteiger partial charge in [-0.1, -0.05) is 37.6 Å². The van der Waals surface area contributed by atoms with Crippen molar-refractivity contribution in [2.45, 2.75) is 53.0 Å². The smallest absolute Gasteiger partial charge is 0.220 e. The zero-order chi connectivity index (χ0) is 18.7. The van der Waals surface area contributed by atoms with Crippen LogP contribution < -0.4 is 5.32 Å². The summed E-state index contributed by atoms with van der Waals surface area (Å²) < 4.78 is 5.17. The molecule has 0 radical (unpaired) electrons. The number of para-hydroxylation sites is 2. The van der Waals surface area contributed by atoms with Gasteiger partial charge in [0.2, 0.25) is 5.91 Å². The molecular formula is C20H26N4O2. The fraction of sp³-hybridized carbons (Fsp3) is 0.450. The Morgan fingerprint density at radius 2 is 2.08 bits per heavy atom. The number of aromatic nitrogens is 3. The summed E-state index contributed by atoms with van der Waals surface area (Å²) >= 11 is 0. The number of carbonyl (C=O) groups excluding carboxylic acids is 1. The standard InChI is InChI=1S/C20H26N4O2/c1-5-12(2)19(20-21-16-8-6-7-9-17(16)22-20)23-18(25)11-10-15-13(3)24-26-14(15)4/h6-9,12,19H,5,10-11H2,1-4H3,(H,21,22)(H,23,25)/t12-,19-/m1/s1. The Hall–Kier alpha value is -2.63. The van der Waals surface area contributed by atoms with Crippen LogP contribution in [0.3, 0.4) is 0 Å². The molecule has 0 unspecified atom stereocenters. The molecule has 1 amide bonds. The number of H-pyrrole nitrogens is 1. The van der Waals surface area contributed by atoms with Crippen LogP contribution in [0.1, 0.15) is 55.6 Å². The van der Waals surface area contributed by atoms with E-state index in [4.69, 9.17) is 4.52 Å². The second-order valence-corrected chi connectivity index (χ2v) is 6.87. The van der Waals surface area contributed by atoms with Crippen molar-refractivity contribution in [2.24, 2.45) is 5.92 Å². The molecule has 138 valence electrons. The highest BCUT2D eigenvalue weighted by molar-refractivity contribution is 5.77. The minimum absolute atomic E-state index is 0.00996. The van der Waals surface area contributed by atoms with E-state index >= 15 is 0 Å². The summed E-state index contributed by atoms with van der Waals surface area (Å²) in [6.07, 6.45) is 1.97. The molecule has 0 aliphatic heterocycles. The van der Waals surface area contributed by atoms with Crippen LogP contribution >= 0.6 is 0 Å². The van der Waals surface area contributed by atoms with Crippen LogP contribution in [0, 0.1) is 19.8 Å². The maximum Gasteiger partial charge on any atom is 0.220 e. The largest absolute Gasteiger partial charge is 0.361 e. The summed E-state index contributed by atoms with van der Waals surface area (Å²) in [6, 6.07) is 7.78. The van der Waals surface area contributed by atoms with Crippen molar-refractivity contribution in [1.29, 1.82) is 0 Å². The molecule has 2 aromatic heterocycles. The quantitative estimate of drug-likeness (QED) is 0.671. The Labute approximate surface area is 153 Å². The number of benzene rings is 1. The van der Waals surface area contributed by atoms with Crippen molar-refractivity contribution < 1.29 is 9.32 Å². The molecule has 0 bridgehead atoms. The summed E-state index contributed by atoms with van der Waals surface area (Å²) in [4.78, 5) is 20.6. The maximum absolute atomic E-state index is 12.6. The van der Waals surface area contributed by atoms with E-state index in [9.17, 15) is 4.79 Å². The maximum atomic E-state index is 12.6. The summed E-state index contributed by atoms with van der Waals surface area (Å²) in [5.74, 6) is 1.88. The highest BCUT2D eigenvalue weighted by Crippen LogP contribution is 2.25. The number of hydrogen-bond acceptors (Lipinski definition) is 4. The molecule has 0 saturated carbocycles. The number of hydrogen-bond donors (Lipinski definition) is 2. The normalized spacial score (nSPS) is 13.7. The molecule has 1 aromatic carbocycles. The van der Waals surface area contributed by atoms with Crippen LogP contribution in [0.15, 0.2) is 28.8 Å². The number of carbonyl (C=O) groups is 1. The zero-order valence-electron chi connectivity index (χ0n) is 15.8. The summed E-state index contributed by atoms with van der Waals surface area (Å²) in [5.41, 5.74) is 3.77. The third-order valence-corrected chi connectivity index (χ3v) is 5.02. The molecule has 2 heterocycles. The number of aryl methyl sites for hydroxylation is 2. The van der Waals surface area contributed by atoms with E-state index in [0.717, 1.165) is 40.3 Å². The van der Waals surface area contributed by atoms with Crippen LogP contribution in [-0.2, 0) is 11.2 Å². The molecule has 2 atom stereocenters. The van der Waals surface area contributed by atoms with Gasteiger partial charge in [-0.2, -0.15) is 0 Å². The number of imidazole rings is 1. The van der Waals surface area contributed by atoms with Gasteiger partial charge in [-0.05, 0) is 38.3 Å². The van der Waals surface area contributed by atoms with Crippen LogP contribution in [0.2, 0.25) is 0 Å². The highest BCUT2D eigenvalue weighted by atomic mass is 16.5. The number of amides is 1. The predicted octanol–water partition coefficient (Wildman–Crippen LogP) is 4.00. The van der Waals surface area contributed by atoms with Crippen LogP contribution in [0.4, 0.5) is 0 Å². The first-order chi connectivity index (χ1) is 12.5. The summed E-state index contributed by atoms with van der Waals surface area (Å²) in [7, 11) is 0. The first-order valence-electron chi connectivity index (χ1n) is 9.15. The fourth-order valence-electron chi connectivity index (χ4n) is 3.18. The molecule has 2 N–H and O–H groups in total. The third kappa shape index (κ3) is 3.79. The average molecular weight is 354 g/mol. The van der Waals surface area contributed by atoms with Gasteiger partial charge < -0.3 is 14.8 Å². The lowest BCUT2D eigenvalue weighted by atomic mass is 9.98. The van der Waals surface area contributed by atoms with Gasteiger partial charge in [-0.3, -0.25) is 4.79 Å². The zero-order valence-corrected chi connectivity index (χ0v) is 15.8. The Morgan fingerprint density at radius 3 is 2.73 bits per heavy atom. The molecule has 3 rings (SSSR count). The van der Waals surface area contributed by atoms with Gasteiger partial charge in [0, 0.05) is 12.0 Å². The lowest BCUT2D eigenvalue weighted by Crippen LogP contribution is -2.33. The number of aromatic amines is 1. The SMILES string of the molecule is CC[C@@H](C)[C@@H](NC(=O)CCc1c(C)noc1C)c1nc2ccccc2[nH]1. The van der Waals surface area contributed by atoms with Crippen molar-refractivity contribution >= 4 is 16.9 Å². The molecule has 0 aliphatic rings. The first-order valence-corrected chi connectivity index (χ1v) is 9.15. The Morgan fingerprint density at radius 1 is 1.31 bits per heavy atom. The Balaban J connectivity index is 1.73. The Bertz CT molecular complexity index is 844. The molecule has 0 spiro atoms. The predicted molar refractivity (Wildman–Crippen MR) is 101 cm³/mol.